The highest BCUT2D eigenvalue weighted by Crippen LogP contribution is 2.29. The van der Waals surface area contributed by atoms with Crippen molar-refractivity contribution >= 4 is 11.6 Å². The van der Waals surface area contributed by atoms with Gasteiger partial charge in [-0.2, -0.15) is 0 Å². The molecule has 0 unspecified atom stereocenters. The average molecular weight is 234 g/mol. The number of nitrogens with two attached hydrogens (primary N) is 1. The Hall–Kier alpha value is -1.55. The second kappa shape index (κ2) is 4.75. The van der Waals surface area contributed by atoms with Crippen LogP contribution in [0.5, 0.6) is 0 Å². The maximum absolute atomic E-state index is 12.3. The molecule has 17 heavy (non-hydrogen) atoms. The van der Waals surface area contributed by atoms with Gasteiger partial charge in [0.15, 0.2) is 0 Å². The molecule has 0 heterocycles. The SMILES string of the molecule is Cc1ccc(N)c(C(=O)N(CCO)C2CC2)c1. The lowest BCUT2D eigenvalue weighted by molar-refractivity contribution is 0.0708. The molecule has 1 amide bonds. The first-order chi connectivity index (χ1) is 8.13. The number of nitrogens with zero attached hydrogens (tertiary/aromatic N) is 1. The fourth-order valence-corrected chi connectivity index (χ4v) is 1.95. The first-order valence-corrected chi connectivity index (χ1v) is 5.91. The number of aliphatic hydroxyl groups is 1. The summed E-state index contributed by atoms with van der Waals surface area (Å²) >= 11 is 0. The zero-order valence-electron chi connectivity index (χ0n) is 10.0. The van der Waals surface area contributed by atoms with Gasteiger partial charge in [0, 0.05) is 18.3 Å². The molecule has 3 N–H and O–H groups in total. The van der Waals surface area contributed by atoms with Gasteiger partial charge in [0.2, 0.25) is 0 Å². The summed E-state index contributed by atoms with van der Waals surface area (Å²) in [6, 6.07) is 5.74. The van der Waals surface area contributed by atoms with Crippen LogP contribution in [0.4, 0.5) is 5.69 Å². The van der Waals surface area contributed by atoms with Gasteiger partial charge >= 0.3 is 0 Å². The molecular weight excluding hydrogens is 216 g/mol. The molecule has 0 radical (unpaired) electrons. The molecule has 0 aliphatic heterocycles. The van der Waals surface area contributed by atoms with Crippen LogP contribution in [0, 0.1) is 6.92 Å². The van der Waals surface area contributed by atoms with E-state index in [-0.39, 0.29) is 18.6 Å². The van der Waals surface area contributed by atoms with E-state index in [9.17, 15) is 4.79 Å². The molecule has 1 saturated carbocycles. The summed E-state index contributed by atoms with van der Waals surface area (Å²) in [7, 11) is 0. The van der Waals surface area contributed by atoms with Gasteiger partial charge in [-0.25, -0.2) is 0 Å². The second-order valence-electron chi connectivity index (χ2n) is 4.54. The number of rotatable bonds is 4. The highest BCUT2D eigenvalue weighted by molar-refractivity contribution is 5.99. The molecule has 0 spiro atoms. The van der Waals surface area contributed by atoms with E-state index in [0.717, 1.165) is 18.4 Å². The number of hydrogen-bond acceptors (Lipinski definition) is 3. The number of nitrogen functional groups attached to an aromatic ring is 1. The number of anilines is 1. The minimum Gasteiger partial charge on any atom is -0.398 e. The Balaban J connectivity index is 2.24. The molecule has 92 valence electrons. The summed E-state index contributed by atoms with van der Waals surface area (Å²) < 4.78 is 0. The normalized spacial score (nSPS) is 14.7. The van der Waals surface area contributed by atoms with Crippen LogP contribution in [-0.2, 0) is 0 Å². The van der Waals surface area contributed by atoms with E-state index in [1.807, 2.05) is 19.1 Å². The van der Waals surface area contributed by atoms with Crippen LogP contribution in [0.25, 0.3) is 0 Å². The van der Waals surface area contributed by atoms with Gasteiger partial charge in [-0.15, -0.1) is 0 Å². The predicted molar refractivity (Wildman–Crippen MR) is 66.7 cm³/mol. The Morgan fingerprint density at radius 2 is 2.24 bits per heavy atom. The molecule has 0 aromatic heterocycles. The van der Waals surface area contributed by atoms with Crippen molar-refractivity contribution in [1.29, 1.82) is 0 Å². The zero-order valence-corrected chi connectivity index (χ0v) is 10.0. The van der Waals surface area contributed by atoms with Gasteiger partial charge in [-0.1, -0.05) is 11.6 Å². The number of amides is 1. The first-order valence-electron chi connectivity index (χ1n) is 5.91. The molecule has 1 aliphatic rings. The van der Waals surface area contributed by atoms with Crippen molar-refractivity contribution in [3.63, 3.8) is 0 Å². The number of carbonyl (C=O) groups is 1. The van der Waals surface area contributed by atoms with Crippen LogP contribution >= 0.6 is 0 Å². The summed E-state index contributed by atoms with van der Waals surface area (Å²) in [6.07, 6.45) is 2.05. The molecule has 1 fully saturated rings. The Kier molecular flexibility index (Phi) is 3.33. The van der Waals surface area contributed by atoms with E-state index in [0.29, 0.717) is 17.8 Å². The molecule has 0 atom stereocenters. The maximum atomic E-state index is 12.3. The largest absolute Gasteiger partial charge is 0.398 e. The molecule has 0 bridgehead atoms. The zero-order chi connectivity index (χ0) is 12.4. The molecular formula is C13H18N2O2. The highest BCUT2D eigenvalue weighted by Gasteiger charge is 2.33. The number of carbonyl (C=O) groups excluding carboxylic acids is 1. The fourth-order valence-electron chi connectivity index (χ4n) is 1.95. The van der Waals surface area contributed by atoms with Crippen LogP contribution < -0.4 is 5.73 Å². The molecule has 0 saturated heterocycles. The molecule has 2 rings (SSSR count). The quantitative estimate of drug-likeness (QED) is 0.769. The van der Waals surface area contributed by atoms with Crippen molar-refractivity contribution in [2.45, 2.75) is 25.8 Å². The summed E-state index contributed by atoms with van der Waals surface area (Å²) in [5, 5.41) is 9.01. The molecule has 4 heteroatoms. The highest BCUT2D eigenvalue weighted by atomic mass is 16.3. The van der Waals surface area contributed by atoms with Crippen molar-refractivity contribution < 1.29 is 9.90 Å². The van der Waals surface area contributed by atoms with Crippen LogP contribution in [0.3, 0.4) is 0 Å². The smallest absolute Gasteiger partial charge is 0.256 e. The molecule has 1 aromatic carbocycles. The lowest BCUT2D eigenvalue weighted by Gasteiger charge is -2.22. The van der Waals surface area contributed by atoms with E-state index in [4.69, 9.17) is 10.8 Å². The van der Waals surface area contributed by atoms with Crippen molar-refractivity contribution in [1.82, 2.24) is 4.90 Å². The van der Waals surface area contributed by atoms with E-state index in [1.54, 1.807) is 11.0 Å². The Morgan fingerprint density at radius 1 is 1.53 bits per heavy atom. The molecule has 1 aromatic rings. The summed E-state index contributed by atoms with van der Waals surface area (Å²) in [5.41, 5.74) is 7.90. The number of benzene rings is 1. The lowest BCUT2D eigenvalue weighted by atomic mass is 10.1. The van der Waals surface area contributed by atoms with Crippen molar-refractivity contribution in [3.8, 4) is 0 Å². The van der Waals surface area contributed by atoms with E-state index in [1.165, 1.54) is 0 Å². The summed E-state index contributed by atoms with van der Waals surface area (Å²) in [6.45, 7) is 2.31. The summed E-state index contributed by atoms with van der Waals surface area (Å²) in [4.78, 5) is 14.1. The van der Waals surface area contributed by atoms with Crippen LogP contribution in [0.2, 0.25) is 0 Å². The Labute approximate surface area is 101 Å². The topological polar surface area (TPSA) is 66.6 Å². The minimum absolute atomic E-state index is 0.00599. The lowest BCUT2D eigenvalue weighted by Crippen LogP contribution is -2.35. The van der Waals surface area contributed by atoms with Crippen molar-refractivity contribution in [2.24, 2.45) is 0 Å². The van der Waals surface area contributed by atoms with Gasteiger partial charge in [0.1, 0.15) is 0 Å². The van der Waals surface area contributed by atoms with E-state index >= 15 is 0 Å². The second-order valence-corrected chi connectivity index (χ2v) is 4.54. The number of hydrogen-bond donors (Lipinski definition) is 2. The number of aliphatic hydroxyl groups excluding tert-OH is 1. The van der Waals surface area contributed by atoms with Crippen molar-refractivity contribution in [3.05, 3.63) is 29.3 Å². The molecule has 1 aliphatic carbocycles. The van der Waals surface area contributed by atoms with Gasteiger partial charge in [-0.05, 0) is 31.9 Å². The summed E-state index contributed by atoms with van der Waals surface area (Å²) in [5.74, 6) is -0.0669. The van der Waals surface area contributed by atoms with Gasteiger partial charge in [-0.3, -0.25) is 4.79 Å². The third kappa shape index (κ3) is 2.58. The van der Waals surface area contributed by atoms with Crippen LogP contribution in [0.15, 0.2) is 18.2 Å². The van der Waals surface area contributed by atoms with Crippen LogP contribution in [-0.4, -0.2) is 35.1 Å². The average Bonchev–Trinajstić information content (AvgIpc) is 3.12. The first kappa shape index (κ1) is 11.9. The van der Waals surface area contributed by atoms with E-state index in [2.05, 4.69) is 0 Å². The van der Waals surface area contributed by atoms with Crippen LogP contribution in [0.1, 0.15) is 28.8 Å². The Morgan fingerprint density at radius 3 is 2.82 bits per heavy atom. The third-order valence-electron chi connectivity index (χ3n) is 3.03. The molecule has 4 nitrogen and oxygen atoms in total. The maximum Gasteiger partial charge on any atom is 0.256 e. The fraction of sp³-hybridized carbons (Fsp3) is 0.462. The minimum atomic E-state index is -0.0669. The van der Waals surface area contributed by atoms with E-state index < -0.39 is 0 Å². The standard InChI is InChI=1S/C13H18N2O2/c1-9-2-5-12(14)11(8-9)13(17)15(6-7-16)10-3-4-10/h2,5,8,10,16H,3-4,6-7,14H2,1H3. The van der Waals surface area contributed by atoms with Gasteiger partial charge in [0.05, 0.1) is 12.2 Å². The third-order valence-corrected chi connectivity index (χ3v) is 3.03. The van der Waals surface area contributed by atoms with Gasteiger partial charge in [0.25, 0.3) is 5.91 Å². The number of aryl methyl sites for hydroxylation is 1. The van der Waals surface area contributed by atoms with Crippen molar-refractivity contribution in [2.75, 3.05) is 18.9 Å². The predicted octanol–water partition coefficient (Wildman–Crippen LogP) is 1.17. The Bertz CT molecular complexity index is 427. The van der Waals surface area contributed by atoms with Gasteiger partial charge < -0.3 is 15.7 Å². The monoisotopic (exact) mass is 234 g/mol.